The van der Waals surface area contributed by atoms with Crippen LogP contribution in [0.1, 0.15) is 0 Å². The third kappa shape index (κ3) is 3.64. The van der Waals surface area contributed by atoms with Gasteiger partial charge in [-0.1, -0.05) is 0 Å². The van der Waals surface area contributed by atoms with Crippen molar-refractivity contribution in [3.05, 3.63) is 0 Å². The molecule has 0 unspecified atom stereocenters. The van der Waals surface area contributed by atoms with E-state index in [-0.39, 0.29) is 0 Å². The average molecular weight is 152 g/mol. The van der Waals surface area contributed by atoms with Gasteiger partial charge in [0.1, 0.15) is 0 Å². The van der Waals surface area contributed by atoms with E-state index >= 15 is 0 Å². The first-order chi connectivity index (χ1) is 5.37. The monoisotopic (exact) mass is 154 g/mol. The maximum atomic E-state index is 5.40. The predicted molar refractivity (Wildman–Crippen MR) is 70.1 cm³/mol. The lowest BCUT2D eigenvalue weighted by atomic mass is 8.70. The van der Waals surface area contributed by atoms with Crippen LogP contribution < -0.4 is 0 Å². The zero-order chi connectivity index (χ0) is 9.89. The highest BCUT2D eigenvalue weighted by atomic mass is 32.1. The molecule has 0 aromatic heterocycles. The Morgan fingerprint density at radius 1 is 0.833 bits per heavy atom. The Bertz CT molecular complexity index is 142. The highest BCUT2D eigenvalue weighted by Crippen LogP contribution is 1.93. The molecule has 0 aromatic rings. The summed E-state index contributed by atoms with van der Waals surface area (Å²) in [4.78, 5) is 0. The van der Waals surface area contributed by atoms with E-state index in [4.69, 9.17) is 58.6 Å². The Hall–Kier alpha value is 0.739. The van der Waals surface area contributed by atoms with E-state index in [2.05, 4.69) is 0 Å². The van der Waals surface area contributed by atoms with E-state index in [0.717, 1.165) is 0 Å². The molecule has 11 heteroatoms. The second kappa shape index (κ2) is 5.47. The standard InChI is InChI=1S/CB10S/c2-8(3)1(12)9(10(4)5)11(6)7. The minimum absolute atomic E-state index is 0.306. The molecule has 0 heterocycles. The Balaban J connectivity index is 4.41. The molecule has 0 saturated carbocycles. The Kier molecular flexibility index (Phi) is 5.80. The highest BCUT2D eigenvalue weighted by Gasteiger charge is 2.27. The molecule has 0 N–H and O–H groups in total. The van der Waals surface area contributed by atoms with Crippen LogP contribution in [-0.2, 0) is 0 Å². The zero-order valence-corrected chi connectivity index (χ0v) is 7.50. The van der Waals surface area contributed by atoms with Crippen molar-refractivity contribution in [1.82, 2.24) is 0 Å². The van der Waals surface area contributed by atoms with Crippen molar-refractivity contribution in [3.63, 3.8) is 0 Å². The topological polar surface area (TPSA) is 0 Å². The Labute approximate surface area is 89.2 Å². The van der Waals surface area contributed by atoms with E-state index in [1.165, 1.54) is 0 Å². The smallest absolute Gasteiger partial charge is 0.0760 e. The van der Waals surface area contributed by atoms with E-state index in [1.54, 1.807) is 0 Å². The van der Waals surface area contributed by atoms with Gasteiger partial charge in [0.25, 0.3) is 0 Å². The fraction of sp³-hybridized carbons (Fsp3) is 0. The van der Waals surface area contributed by atoms with Crippen LogP contribution in [0.4, 0.5) is 0 Å². The summed E-state index contributed by atoms with van der Waals surface area (Å²) in [6.07, 6.45) is -1.46. The quantitative estimate of drug-likeness (QED) is 0.298. The lowest BCUT2D eigenvalue weighted by Crippen LogP contribution is -2.60. The van der Waals surface area contributed by atoms with Gasteiger partial charge in [-0.25, -0.2) is 0 Å². The van der Waals surface area contributed by atoms with Crippen LogP contribution in [0.25, 0.3) is 0 Å². The van der Waals surface area contributed by atoms with Gasteiger partial charge in [-0.3, -0.25) is 0 Å². The van der Waals surface area contributed by atoms with Crippen molar-refractivity contribution in [3.8, 4) is 0 Å². The van der Waals surface area contributed by atoms with E-state index in [9.17, 15) is 0 Å². The average Bonchev–Trinajstić information content (AvgIpc) is 1.85. The van der Waals surface area contributed by atoms with Gasteiger partial charge < -0.3 is 0 Å². The fourth-order valence-corrected chi connectivity index (χ4v) is 1.17. The van der Waals surface area contributed by atoms with Gasteiger partial charge in [-0.2, -0.15) is 0 Å². The van der Waals surface area contributed by atoms with E-state index in [1.807, 2.05) is 0 Å². The molecule has 0 fully saturated rings. The number of hydrogen-bond donors (Lipinski definition) is 0. The summed E-state index contributed by atoms with van der Waals surface area (Å²) in [6.45, 7) is -1.30. The molecule has 0 nitrogen and oxygen atoms in total. The van der Waals surface area contributed by atoms with Gasteiger partial charge in [0.05, 0.1) is 13.0 Å². The van der Waals surface area contributed by atoms with Crippen molar-refractivity contribution in [1.29, 1.82) is 0 Å². The number of rotatable bonds is 4. The van der Waals surface area contributed by atoms with Crippen LogP contribution in [0.15, 0.2) is 0 Å². The lowest BCUT2D eigenvalue weighted by Gasteiger charge is -2.24. The van der Waals surface area contributed by atoms with Crippen molar-refractivity contribution in [2.75, 3.05) is 0 Å². The minimum Gasteiger partial charge on any atom is -0.114 e. The molecule has 40 valence electrons. The second-order valence-corrected chi connectivity index (χ2v) is 3.08. The lowest BCUT2D eigenvalue weighted by molar-refractivity contribution is 3.36. The maximum absolute atomic E-state index is 5.40. The summed E-state index contributed by atoms with van der Waals surface area (Å²) in [7, 11) is 32.2. The number of thiocarbonyl (C=S) groups is 1. The zero-order valence-electron chi connectivity index (χ0n) is 6.68. The summed E-state index contributed by atoms with van der Waals surface area (Å²) >= 11 is 4.88. The molecule has 0 amide bonds. The molecule has 0 aliphatic heterocycles. The third-order valence-corrected chi connectivity index (χ3v) is 2.03. The summed E-state index contributed by atoms with van der Waals surface area (Å²) in [6, 6.07) is 0. The largest absolute Gasteiger partial charge is 0.114 e. The fourth-order valence-electron chi connectivity index (χ4n) is 0.858. The predicted octanol–water partition coefficient (Wildman–Crippen LogP) is -3.44. The molecule has 0 aliphatic rings. The number of hydrogen-bond acceptors (Lipinski definition) is 1. The molecular formula is CB10S. The van der Waals surface area contributed by atoms with Gasteiger partial charge in [-0.05, 0) is 0 Å². The second-order valence-electron chi connectivity index (χ2n) is 2.61. The first-order valence-electron chi connectivity index (χ1n) is 3.45. The Morgan fingerprint density at radius 3 is 1.25 bits per heavy atom. The third-order valence-electron chi connectivity index (χ3n) is 1.49. The van der Waals surface area contributed by atoms with Gasteiger partial charge in [0, 0.05) is 59.2 Å². The highest BCUT2D eigenvalue weighted by molar-refractivity contribution is 8.04. The van der Waals surface area contributed by atoms with Crippen LogP contribution in [0.2, 0.25) is 0 Å². The maximum Gasteiger partial charge on any atom is 0.0760 e. The SMILES string of the molecule is [B]B([B])B(B([B])[B])C(=S)B([B])[B]. The molecule has 12 heavy (non-hydrogen) atoms. The molecular weight excluding hydrogens is 152 g/mol. The van der Waals surface area contributed by atoms with Gasteiger partial charge in [0.2, 0.25) is 0 Å². The van der Waals surface area contributed by atoms with Crippen LogP contribution in [0, 0.1) is 0 Å². The Morgan fingerprint density at radius 2 is 1.17 bits per heavy atom. The van der Waals surface area contributed by atoms with Crippen molar-refractivity contribution in [2.24, 2.45) is 0 Å². The van der Waals surface area contributed by atoms with Crippen LogP contribution in [0.5, 0.6) is 0 Å². The van der Waals surface area contributed by atoms with Crippen LogP contribution in [-0.4, -0.2) is 76.8 Å². The first kappa shape index (κ1) is 12.7. The summed E-state index contributed by atoms with van der Waals surface area (Å²) in [5, 5.41) is 0. The normalized spacial score (nSPS) is 8.67. The van der Waals surface area contributed by atoms with Crippen molar-refractivity contribution >= 4 is 89.1 Å². The molecule has 0 atom stereocenters. The molecule has 0 rings (SSSR count). The molecule has 0 spiro atoms. The molecule has 12 radical (unpaired) electrons. The van der Waals surface area contributed by atoms with E-state index in [0.29, 0.717) is 4.66 Å². The summed E-state index contributed by atoms with van der Waals surface area (Å²) in [5.74, 6) is 0. The van der Waals surface area contributed by atoms with Gasteiger partial charge >= 0.3 is 0 Å². The van der Waals surface area contributed by atoms with E-state index < -0.39 is 25.8 Å². The first-order valence-corrected chi connectivity index (χ1v) is 3.86. The van der Waals surface area contributed by atoms with Crippen molar-refractivity contribution in [2.45, 2.75) is 0 Å². The summed E-state index contributed by atoms with van der Waals surface area (Å²) < 4.78 is 0.306. The van der Waals surface area contributed by atoms with Crippen LogP contribution >= 0.6 is 12.2 Å². The van der Waals surface area contributed by atoms with Crippen LogP contribution in [0.3, 0.4) is 0 Å². The van der Waals surface area contributed by atoms with Crippen molar-refractivity contribution < 1.29 is 0 Å². The molecule has 0 aromatic carbocycles. The van der Waals surface area contributed by atoms with Gasteiger partial charge in [0.15, 0.2) is 0 Å². The molecule has 0 aliphatic carbocycles. The minimum atomic E-state index is -0.769. The molecule has 0 saturated heterocycles. The molecule has 0 bridgehead atoms. The summed E-state index contributed by atoms with van der Waals surface area (Å²) in [5.41, 5.74) is 0. The van der Waals surface area contributed by atoms with Gasteiger partial charge in [-0.15, -0.1) is 16.9 Å².